The van der Waals surface area contributed by atoms with Crippen molar-refractivity contribution in [1.29, 1.82) is 0 Å². The molecule has 0 spiro atoms. The molecule has 4 nitrogen and oxygen atoms in total. The number of rotatable bonds is 3. The van der Waals surface area contributed by atoms with E-state index in [9.17, 15) is 9.59 Å². The third kappa shape index (κ3) is 2.15. The molecule has 1 aliphatic heterocycles. The summed E-state index contributed by atoms with van der Waals surface area (Å²) in [5.41, 5.74) is 0.187. The molecule has 2 heterocycles. The molecule has 1 saturated heterocycles. The summed E-state index contributed by atoms with van der Waals surface area (Å²) in [5.74, 6) is 0. The van der Waals surface area contributed by atoms with Crippen LogP contribution in [0.3, 0.4) is 0 Å². The predicted molar refractivity (Wildman–Crippen MR) is 77.6 cm³/mol. The van der Waals surface area contributed by atoms with Crippen LogP contribution in [0.15, 0.2) is 29.1 Å². The zero-order valence-corrected chi connectivity index (χ0v) is 11.6. The van der Waals surface area contributed by atoms with Gasteiger partial charge in [0.05, 0.1) is 18.2 Å². The molecule has 0 bridgehead atoms. The molecule has 0 radical (unpaired) electrons. The van der Waals surface area contributed by atoms with E-state index in [-0.39, 0.29) is 16.8 Å². The van der Waals surface area contributed by atoms with Gasteiger partial charge in [0.15, 0.2) is 6.29 Å². The topological polar surface area (TPSA) is 48.3 Å². The molecular formula is C15H14ClNO3. The van der Waals surface area contributed by atoms with Gasteiger partial charge < -0.3 is 4.74 Å². The summed E-state index contributed by atoms with van der Waals surface area (Å²) in [6.07, 6.45) is 2.60. The second-order valence-corrected chi connectivity index (χ2v) is 5.28. The van der Waals surface area contributed by atoms with E-state index >= 15 is 0 Å². The summed E-state index contributed by atoms with van der Waals surface area (Å²) in [6, 6.07) is 7.02. The lowest BCUT2D eigenvalue weighted by Crippen LogP contribution is -2.28. The van der Waals surface area contributed by atoms with Gasteiger partial charge in [-0.1, -0.05) is 29.8 Å². The SMILES string of the molecule is O=Cc1c(Cl)n(CC2CCCO2)c(=O)c2ccccc12. The Morgan fingerprint density at radius 2 is 2.10 bits per heavy atom. The number of hydrogen-bond donors (Lipinski definition) is 0. The van der Waals surface area contributed by atoms with Crippen LogP contribution in [0.1, 0.15) is 23.2 Å². The number of carbonyl (C=O) groups excluding carboxylic acids is 1. The molecule has 0 N–H and O–H groups in total. The Morgan fingerprint density at radius 1 is 1.35 bits per heavy atom. The molecule has 2 aromatic rings. The number of pyridine rings is 1. The standard InChI is InChI=1S/C15H14ClNO3/c16-14-13(9-18)11-5-1-2-6-12(11)15(19)17(14)8-10-4-3-7-20-10/h1-2,5-6,9-10H,3-4,7-8H2. The van der Waals surface area contributed by atoms with Crippen LogP contribution in [0.2, 0.25) is 5.15 Å². The summed E-state index contributed by atoms with van der Waals surface area (Å²) >= 11 is 6.25. The summed E-state index contributed by atoms with van der Waals surface area (Å²) in [6.45, 7) is 1.11. The molecule has 1 aliphatic rings. The highest BCUT2D eigenvalue weighted by atomic mass is 35.5. The number of aldehydes is 1. The summed E-state index contributed by atoms with van der Waals surface area (Å²) in [4.78, 5) is 23.8. The minimum absolute atomic E-state index is 0.00846. The van der Waals surface area contributed by atoms with Gasteiger partial charge >= 0.3 is 0 Å². The van der Waals surface area contributed by atoms with E-state index in [1.54, 1.807) is 24.3 Å². The number of hydrogen-bond acceptors (Lipinski definition) is 3. The van der Waals surface area contributed by atoms with E-state index in [1.165, 1.54) is 4.57 Å². The maximum absolute atomic E-state index is 12.5. The molecule has 1 unspecified atom stereocenters. The van der Waals surface area contributed by atoms with Crippen molar-refractivity contribution in [3.8, 4) is 0 Å². The first-order chi connectivity index (χ1) is 9.72. The molecule has 3 rings (SSSR count). The number of ether oxygens (including phenoxy) is 1. The van der Waals surface area contributed by atoms with E-state index in [1.807, 2.05) is 0 Å². The molecule has 5 heteroatoms. The van der Waals surface area contributed by atoms with Crippen LogP contribution in [-0.4, -0.2) is 23.6 Å². The number of benzene rings is 1. The third-order valence-corrected chi connectivity index (χ3v) is 4.09. The zero-order chi connectivity index (χ0) is 14.1. The Morgan fingerprint density at radius 3 is 2.75 bits per heavy atom. The van der Waals surface area contributed by atoms with Crippen molar-refractivity contribution in [1.82, 2.24) is 4.57 Å². The van der Waals surface area contributed by atoms with E-state index in [0.29, 0.717) is 35.8 Å². The highest BCUT2D eigenvalue weighted by Gasteiger charge is 2.20. The molecule has 0 aliphatic carbocycles. The van der Waals surface area contributed by atoms with Gasteiger partial charge in [0.2, 0.25) is 0 Å². The molecule has 0 amide bonds. The monoisotopic (exact) mass is 291 g/mol. The summed E-state index contributed by atoms with van der Waals surface area (Å²) < 4.78 is 6.99. The molecule has 1 fully saturated rings. The van der Waals surface area contributed by atoms with Gasteiger partial charge in [-0.05, 0) is 18.9 Å². The van der Waals surface area contributed by atoms with E-state index in [2.05, 4.69) is 0 Å². The van der Waals surface area contributed by atoms with Crippen molar-refractivity contribution in [2.45, 2.75) is 25.5 Å². The zero-order valence-electron chi connectivity index (χ0n) is 10.8. The van der Waals surface area contributed by atoms with Crippen molar-refractivity contribution in [2.75, 3.05) is 6.61 Å². The second-order valence-electron chi connectivity index (χ2n) is 4.92. The van der Waals surface area contributed by atoms with Crippen molar-refractivity contribution < 1.29 is 9.53 Å². The third-order valence-electron chi connectivity index (χ3n) is 3.68. The van der Waals surface area contributed by atoms with Crippen LogP contribution < -0.4 is 5.56 Å². The lowest BCUT2D eigenvalue weighted by Gasteiger charge is -2.16. The largest absolute Gasteiger partial charge is 0.376 e. The highest BCUT2D eigenvalue weighted by Crippen LogP contribution is 2.23. The molecule has 1 aromatic carbocycles. The Labute approximate surface area is 120 Å². The van der Waals surface area contributed by atoms with Crippen molar-refractivity contribution in [3.05, 3.63) is 45.3 Å². The average Bonchev–Trinajstić information content (AvgIpc) is 2.97. The quantitative estimate of drug-likeness (QED) is 0.645. The number of aromatic nitrogens is 1. The predicted octanol–water partition coefficient (Wildman–Crippen LogP) is 2.65. The fourth-order valence-corrected chi connectivity index (χ4v) is 2.95. The fraction of sp³-hybridized carbons (Fsp3) is 0.333. The normalized spacial score (nSPS) is 18.6. The second kappa shape index (κ2) is 5.38. The number of nitrogens with zero attached hydrogens (tertiary/aromatic N) is 1. The van der Waals surface area contributed by atoms with Crippen LogP contribution in [0.5, 0.6) is 0 Å². The van der Waals surface area contributed by atoms with Crippen LogP contribution in [0, 0.1) is 0 Å². The van der Waals surface area contributed by atoms with E-state index in [4.69, 9.17) is 16.3 Å². The fourth-order valence-electron chi connectivity index (χ4n) is 2.66. The molecule has 0 saturated carbocycles. The van der Waals surface area contributed by atoms with E-state index < -0.39 is 0 Å². The van der Waals surface area contributed by atoms with Gasteiger partial charge in [-0.3, -0.25) is 14.2 Å². The van der Waals surface area contributed by atoms with Crippen molar-refractivity contribution in [3.63, 3.8) is 0 Å². The lowest BCUT2D eigenvalue weighted by atomic mass is 10.1. The Bertz CT molecular complexity index is 717. The Hall–Kier alpha value is -1.65. The minimum Gasteiger partial charge on any atom is -0.376 e. The van der Waals surface area contributed by atoms with Crippen molar-refractivity contribution >= 4 is 28.7 Å². The maximum Gasteiger partial charge on any atom is 0.259 e. The van der Waals surface area contributed by atoms with Crippen LogP contribution in [0.4, 0.5) is 0 Å². The highest BCUT2D eigenvalue weighted by molar-refractivity contribution is 6.33. The van der Waals surface area contributed by atoms with Crippen LogP contribution in [-0.2, 0) is 11.3 Å². The smallest absolute Gasteiger partial charge is 0.259 e. The van der Waals surface area contributed by atoms with Gasteiger partial charge in [0, 0.05) is 17.4 Å². The summed E-state index contributed by atoms with van der Waals surface area (Å²) in [7, 11) is 0. The van der Waals surface area contributed by atoms with Gasteiger partial charge in [0.25, 0.3) is 5.56 Å². The molecule has 1 aromatic heterocycles. The van der Waals surface area contributed by atoms with Gasteiger partial charge in [-0.2, -0.15) is 0 Å². The van der Waals surface area contributed by atoms with Crippen molar-refractivity contribution in [2.24, 2.45) is 0 Å². The molecular weight excluding hydrogens is 278 g/mol. The van der Waals surface area contributed by atoms with Gasteiger partial charge in [0.1, 0.15) is 5.15 Å². The van der Waals surface area contributed by atoms with Gasteiger partial charge in [-0.15, -0.1) is 0 Å². The number of carbonyl (C=O) groups is 1. The lowest BCUT2D eigenvalue weighted by molar-refractivity contribution is 0.0961. The molecule has 1 atom stereocenters. The minimum atomic E-state index is -0.174. The van der Waals surface area contributed by atoms with Crippen LogP contribution in [0.25, 0.3) is 10.8 Å². The van der Waals surface area contributed by atoms with Crippen LogP contribution >= 0.6 is 11.6 Å². The first-order valence-electron chi connectivity index (χ1n) is 6.60. The first-order valence-corrected chi connectivity index (χ1v) is 6.98. The number of halogens is 1. The van der Waals surface area contributed by atoms with Gasteiger partial charge in [-0.25, -0.2) is 0 Å². The maximum atomic E-state index is 12.5. The Kier molecular flexibility index (Phi) is 3.59. The molecule has 104 valence electrons. The Balaban J connectivity index is 2.20. The summed E-state index contributed by atoms with van der Waals surface area (Å²) in [5, 5.41) is 1.30. The van der Waals surface area contributed by atoms with E-state index in [0.717, 1.165) is 12.8 Å². The number of fused-ring (bicyclic) bond motifs is 1. The molecule has 20 heavy (non-hydrogen) atoms. The average molecular weight is 292 g/mol. The first kappa shape index (κ1) is 13.3.